The van der Waals surface area contributed by atoms with Crippen LogP contribution < -0.4 is 5.32 Å². The average Bonchev–Trinajstić information content (AvgIpc) is 2.19. The van der Waals surface area contributed by atoms with Gasteiger partial charge in [0, 0.05) is 0 Å². The number of rotatable bonds is 4. The molecule has 0 bridgehead atoms. The zero-order valence-corrected chi connectivity index (χ0v) is 9.27. The molecule has 1 saturated heterocycles. The van der Waals surface area contributed by atoms with Crippen molar-refractivity contribution in [1.29, 1.82) is 0 Å². The van der Waals surface area contributed by atoms with E-state index in [-0.39, 0.29) is 18.4 Å². The third-order valence-electron chi connectivity index (χ3n) is 2.17. The van der Waals surface area contributed by atoms with Crippen LogP contribution in [0.4, 0.5) is 0 Å². The van der Waals surface area contributed by atoms with Crippen LogP contribution in [0.15, 0.2) is 0 Å². The van der Waals surface area contributed by atoms with Gasteiger partial charge >= 0.3 is 5.97 Å². The molecule has 1 N–H and O–H groups in total. The molecule has 0 spiro atoms. The molecule has 0 saturated carbocycles. The van der Waals surface area contributed by atoms with Gasteiger partial charge in [-0.3, -0.25) is 4.79 Å². The molecule has 0 amide bonds. The first kappa shape index (κ1) is 13.7. The van der Waals surface area contributed by atoms with Gasteiger partial charge < -0.3 is 14.8 Å². The van der Waals surface area contributed by atoms with E-state index in [2.05, 4.69) is 10.1 Å². The highest BCUT2D eigenvalue weighted by atomic mass is 35.5. The molecule has 4 nitrogen and oxygen atoms in total. The Morgan fingerprint density at radius 1 is 1.43 bits per heavy atom. The molecule has 0 aliphatic carbocycles. The fourth-order valence-electron chi connectivity index (χ4n) is 1.37. The van der Waals surface area contributed by atoms with Crippen LogP contribution in [0.5, 0.6) is 0 Å². The van der Waals surface area contributed by atoms with E-state index in [1.165, 1.54) is 7.11 Å². The van der Waals surface area contributed by atoms with Gasteiger partial charge in [-0.1, -0.05) is 0 Å². The Morgan fingerprint density at radius 2 is 2.07 bits per heavy atom. The Morgan fingerprint density at radius 3 is 2.64 bits per heavy atom. The lowest BCUT2D eigenvalue weighted by Gasteiger charge is -2.22. The van der Waals surface area contributed by atoms with Crippen LogP contribution in [-0.2, 0) is 14.3 Å². The quantitative estimate of drug-likeness (QED) is 0.715. The number of halogens is 1. The molecule has 5 heteroatoms. The molecule has 0 aromatic rings. The Hall–Kier alpha value is -0.320. The highest BCUT2D eigenvalue weighted by Crippen LogP contribution is 2.07. The number of nitrogens with one attached hydrogen (secondary N) is 1. The largest absolute Gasteiger partial charge is 0.469 e. The Balaban J connectivity index is 0.00000169. The minimum atomic E-state index is -0.200. The summed E-state index contributed by atoms with van der Waals surface area (Å²) < 4.78 is 10.0. The second kappa shape index (κ2) is 8.03. The SMILES string of the molecule is COC(=O)CCOC1CCNCC1.Cl. The predicted octanol–water partition coefficient (Wildman–Crippen LogP) is 0.740. The van der Waals surface area contributed by atoms with Crippen molar-refractivity contribution in [2.75, 3.05) is 26.8 Å². The number of hydrogen-bond acceptors (Lipinski definition) is 4. The van der Waals surface area contributed by atoms with Crippen molar-refractivity contribution in [3.05, 3.63) is 0 Å². The molecule has 1 fully saturated rings. The summed E-state index contributed by atoms with van der Waals surface area (Å²) in [5.41, 5.74) is 0. The van der Waals surface area contributed by atoms with Gasteiger partial charge in [-0.15, -0.1) is 12.4 Å². The van der Waals surface area contributed by atoms with Crippen molar-refractivity contribution >= 4 is 18.4 Å². The van der Waals surface area contributed by atoms with Crippen LogP contribution in [0.2, 0.25) is 0 Å². The average molecular weight is 224 g/mol. The molecule has 14 heavy (non-hydrogen) atoms. The smallest absolute Gasteiger partial charge is 0.307 e. The Bertz CT molecular complexity index is 160. The lowest BCUT2D eigenvalue weighted by atomic mass is 10.1. The number of methoxy groups -OCH3 is 1. The maximum absolute atomic E-state index is 10.7. The predicted molar refractivity (Wildman–Crippen MR) is 55.7 cm³/mol. The van der Waals surface area contributed by atoms with Crippen molar-refractivity contribution < 1.29 is 14.3 Å². The molecule has 0 aromatic carbocycles. The molecule has 1 aliphatic rings. The maximum atomic E-state index is 10.7. The number of carbonyl (C=O) groups is 1. The number of piperidine rings is 1. The van der Waals surface area contributed by atoms with E-state index in [1.807, 2.05) is 0 Å². The lowest BCUT2D eigenvalue weighted by molar-refractivity contribution is -0.142. The van der Waals surface area contributed by atoms with Gasteiger partial charge in [0.1, 0.15) is 0 Å². The summed E-state index contributed by atoms with van der Waals surface area (Å²) in [6.07, 6.45) is 2.77. The summed E-state index contributed by atoms with van der Waals surface area (Å²) in [5, 5.41) is 3.25. The molecule has 0 radical (unpaired) electrons. The minimum absolute atomic E-state index is 0. The van der Waals surface area contributed by atoms with E-state index in [9.17, 15) is 4.79 Å². The third kappa shape index (κ3) is 5.42. The fourth-order valence-corrected chi connectivity index (χ4v) is 1.37. The van der Waals surface area contributed by atoms with E-state index in [4.69, 9.17) is 4.74 Å². The highest BCUT2D eigenvalue weighted by Gasteiger charge is 2.13. The Kier molecular flexibility index (Phi) is 7.84. The lowest BCUT2D eigenvalue weighted by Crippen LogP contribution is -2.32. The van der Waals surface area contributed by atoms with Crippen LogP contribution in [0.25, 0.3) is 0 Å². The van der Waals surface area contributed by atoms with Crippen LogP contribution in [0, 0.1) is 0 Å². The maximum Gasteiger partial charge on any atom is 0.307 e. The Labute approximate surface area is 90.7 Å². The fraction of sp³-hybridized carbons (Fsp3) is 0.889. The van der Waals surface area contributed by atoms with E-state index in [0.29, 0.717) is 19.1 Å². The summed E-state index contributed by atoms with van der Waals surface area (Å²) in [6, 6.07) is 0. The van der Waals surface area contributed by atoms with E-state index < -0.39 is 0 Å². The molecule has 84 valence electrons. The van der Waals surface area contributed by atoms with Crippen molar-refractivity contribution in [3.63, 3.8) is 0 Å². The van der Waals surface area contributed by atoms with Gasteiger partial charge in [0.25, 0.3) is 0 Å². The monoisotopic (exact) mass is 223 g/mol. The highest BCUT2D eigenvalue weighted by molar-refractivity contribution is 5.85. The first-order chi connectivity index (χ1) is 6.33. The van der Waals surface area contributed by atoms with Gasteiger partial charge in [-0.2, -0.15) is 0 Å². The van der Waals surface area contributed by atoms with Crippen LogP contribution >= 0.6 is 12.4 Å². The minimum Gasteiger partial charge on any atom is -0.469 e. The van der Waals surface area contributed by atoms with E-state index >= 15 is 0 Å². The number of esters is 1. The molecule has 1 aliphatic heterocycles. The summed E-state index contributed by atoms with van der Waals surface area (Å²) >= 11 is 0. The standard InChI is InChI=1S/C9H17NO3.ClH/c1-12-9(11)4-7-13-8-2-5-10-6-3-8;/h8,10H,2-7H2,1H3;1H. The number of hydrogen-bond donors (Lipinski definition) is 1. The first-order valence-electron chi connectivity index (χ1n) is 4.72. The molecule has 1 rings (SSSR count). The van der Waals surface area contributed by atoms with Gasteiger partial charge in [0.15, 0.2) is 0 Å². The van der Waals surface area contributed by atoms with Gasteiger partial charge in [0.05, 0.1) is 26.2 Å². The van der Waals surface area contributed by atoms with Crippen molar-refractivity contribution in [2.45, 2.75) is 25.4 Å². The van der Waals surface area contributed by atoms with Crippen LogP contribution in [0.3, 0.4) is 0 Å². The van der Waals surface area contributed by atoms with Gasteiger partial charge in [0.2, 0.25) is 0 Å². The molecular weight excluding hydrogens is 206 g/mol. The zero-order chi connectivity index (χ0) is 9.52. The number of carbonyl (C=O) groups excluding carboxylic acids is 1. The summed E-state index contributed by atoms with van der Waals surface area (Å²) in [5.74, 6) is -0.200. The van der Waals surface area contributed by atoms with Gasteiger partial charge in [-0.05, 0) is 25.9 Å². The van der Waals surface area contributed by atoms with Gasteiger partial charge in [-0.25, -0.2) is 0 Å². The zero-order valence-electron chi connectivity index (χ0n) is 8.45. The number of ether oxygens (including phenoxy) is 2. The summed E-state index contributed by atoms with van der Waals surface area (Å²) in [6.45, 7) is 2.52. The molecule has 1 heterocycles. The van der Waals surface area contributed by atoms with Crippen molar-refractivity contribution in [3.8, 4) is 0 Å². The second-order valence-electron chi connectivity index (χ2n) is 3.15. The summed E-state index contributed by atoms with van der Waals surface area (Å²) in [7, 11) is 1.40. The molecule has 0 aromatic heterocycles. The van der Waals surface area contributed by atoms with E-state index in [0.717, 1.165) is 25.9 Å². The van der Waals surface area contributed by atoms with Crippen molar-refractivity contribution in [2.24, 2.45) is 0 Å². The second-order valence-corrected chi connectivity index (χ2v) is 3.15. The van der Waals surface area contributed by atoms with Crippen LogP contribution in [0.1, 0.15) is 19.3 Å². The van der Waals surface area contributed by atoms with Crippen LogP contribution in [-0.4, -0.2) is 38.9 Å². The topological polar surface area (TPSA) is 47.6 Å². The van der Waals surface area contributed by atoms with Crippen molar-refractivity contribution in [1.82, 2.24) is 5.32 Å². The first-order valence-corrected chi connectivity index (χ1v) is 4.72. The summed E-state index contributed by atoms with van der Waals surface area (Å²) in [4.78, 5) is 10.7. The molecular formula is C9H18ClNO3. The molecule has 0 unspecified atom stereocenters. The normalized spacial score (nSPS) is 17.2. The molecule has 0 atom stereocenters. The van der Waals surface area contributed by atoms with E-state index in [1.54, 1.807) is 0 Å². The third-order valence-corrected chi connectivity index (χ3v) is 2.17.